The third kappa shape index (κ3) is 5.00. The Balaban J connectivity index is 1.39. The number of rotatable bonds is 6. The molecule has 2 saturated heterocycles. The van der Waals surface area contributed by atoms with Gasteiger partial charge in [-0.25, -0.2) is 4.39 Å². The first-order chi connectivity index (χ1) is 11.2. The van der Waals surface area contributed by atoms with Crippen molar-refractivity contribution in [3.8, 4) is 0 Å². The van der Waals surface area contributed by atoms with E-state index < -0.39 is 0 Å². The summed E-state index contributed by atoms with van der Waals surface area (Å²) in [6, 6.07) is 7.98. The first-order valence-electron chi connectivity index (χ1n) is 9.00. The van der Waals surface area contributed by atoms with E-state index in [-0.39, 0.29) is 5.82 Å². The van der Waals surface area contributed by atoms with E-state index in [1.165, 1.54) is 38.9 Å². The van der Waals surface area contributed by atoms with Crippen LogP contribution < -0.4 is 5.32 Å². The number of benzene rings is 1. The van der Waals surface area contributed by atoms with Crippen LogP contribution in [-0.2, 0) is 11.2 Å². The van der Waals surface area contributed by atoms with E-state index in [9.17, 15) is 4.39 Å². The summed E-state index contributed by atoms with van der Waals surface area (Å²) >= 11 is 0. The summed E-state index contributed by atoms with van der Waals surface area (Å²) in [4.78, 5) is 2.58. The summed E-state index contributed by atoms with van der Waals surface area (Å²) in [6.45, 7) is 7.57. The topological polar surface area (TPSA) is 24.5 Å². The van der Waals surface area contributed by atoms with E-state index in [1.807, 2.05) is 12.1 Å². The molecule has 128 valence electrons. The van der Waals surface area contributed by atoms with Gasteiger partial charge in [-0.2, -0.15) is 0 Å². The van der Waals surface area contributed by atoms with Gasteiger partial charge in [0.15, 0.2) is 0 Å². The molecule has 2 aliphatic heterocycles. The number of nitrogens with one attached hydrogen (secondary N) is 1. The van der Waals surface area contributed by atoms with Crippen LogP contribution in [0.5, 0.6) is 0 Å². The van der Waals surface area contributed by atoms with E-state index in [2.05, 4.69) is 17.1 Å². The van der Waals surface area contributed by atoms with E-state index in [1.54, 1.807) is 12.1 Å². The number of halogens is 1. The summed E-state index contributed by atoms with van der Waals surface area (Å²) in [7, 11) is 0. The highest BCUT2D eigenvalue weighted by Crippen LogP contribution is 2.18. The van der Waals surface area contributed by atoms with Crippen molar-refractivity contribution in [2.45, 2.75) is 44.7 Å². The van der Waals surface area contributed by atoms with Crippen molar-refractivity contribution < 1.29 is 9.13 Å². The van der Waals surface area contributed by atoms with Crippen molar-refractivity contribution in [2.24, 2.45) is 5.92 Å². The number of hydrogen-bond acceptors (Lipinski definition) is 3. The van der Waals surface area contributed by atoms with Crippen LogP contribution in [0.25, 0.3) is 0 Å². The minimum atomic E-state index is -0.0882. The second-order valence-corrected chi connectivity index (χ2v) is 7.17. The highest BCUT2D eigenvalue weighted by Gasteiger charge is 2.24. The first-order valence-corrected chi connectivity index (χ1v) is 9.00. The van der Waals surface area contributed by atoms with Crippen molar-refractivity contribution >= 4 is 0 Å². The predicted octanol–water partition coefficient (Wildman–Crippen LogP) is 2.85. The Morgan fingerprint density at radius 2 is 2.04 bits per heavy atom. The van der Waals surface area contributed by atoms with Gasteiger partial charge < -0.3 is 15.0 Å². The predicted molar refractivity (Wildman–Crippen MR) is 91.1 cm³/mol. The molecule has 2 heterocycles. The van der Waals surface area contributed by atoms with Crippen molar-refractivity contribution in [2.75, 3.05) is 32.8 Å². The van der Waals surface area contributed by atoms with Crippen LogP contribution in [0, 0.1) is 11.7 Å². The lowest BCUT2D eigenvalue weighted by atomic mass is 10.00. The fourth-order valence-electron chi connectivity index (χ4n) is 3.83. The van der Waals surface area contributed by atoms with Crippen LogP contribution in [0.3, 0.4) is 0 Å². The maximum atomic E-state index is 13.7. The number of piperidine rings is 1. The van der Waals surface area contributed by atoms with Gasteiger partial charge >= 0.3 is 0 Å². The molecule has 2 atom stereocenters. The van der Waals surface area contributed by atoms with Crippen LogP contribution in [0.1, 0.15) is 31.7 Å². The lowest BCUT2D eigenvalue weighted by Gasteiger charge is -2.35. The van der Waals surface area contributed by atoms with Gasteiger partial charge in [-0.15, -0.1) is 0 Å². The van der Waals surface area contributed by atoms with Crippen LogP contribution >= 0.6 is 0 Å². The van der Waals surface area contributed by atoms with Gasteiger partial charge in [0.25, 0.3) is 0 Å². The molecule has 0 radical (unpaired) electrons. The largest absolute Gasteiger partial charge is 0.381 e. The number of nitrogens with zero attached hydrogens (tertiary/aromatic N) is 1. The molecule has 0 saturated carbocycles. The standard InChI is InChI=1S/C19H29FN2O/c1-15(12-17-4-2-3-5-19(17)20)21-18-6-9-22(10-7-18)13-16-8-11-23-14-16/h2-5,15-16,18,21H,6-14H2,1H3/t15-,16+/m0/s1. The normalized spacial score (nSPS) is 24.9. The Kier molecular flexibility index (Phi) is 6.03. The summed E-state index contributed by atoms with van der Waals surface area (Å²) in [5.41, 5.74) is 0.811. The first kappa shape index (κ1) is 16.9. The van der Waals surface area contributed by atoms with E-state index in [0.29, 0.717) is 12.1 Å². The molecule has 1 aromatic rings. The van der Waals surface area contributed by atoms with Gasteiger partial charge in [-0.3, -0.25) is 0 Å². The molecule has 23 heavy (non-hydrogen) atoms. The van der Waals surface area contributed by atoms with Gasteiger partial charge in [0.05, 0.1) is 6.61 Å². The third-order valence-electron chi connectivity index (χ3n) is 5.13. The molecule has 0 spiro atoms. The quantitative estimate of drug-likeness (QED) is 0.872. The smallest absolute Gasteiger partial charge is 0.126 e. The van der Waals surface area contributed by atoms with Gasteiger partial charge in [0, 0.05) is 25.2 Å². The Morgan fingerprint density at radius 1 is 1.26 bits per heavy atom. The van der Waals surface area contributed by atoms with Crippen molar-refractivity contribution in [3.63, 3.8) is 0 Å². The molecule has 1 N–H and O–H groups in total. The summed E-state index contributed by atoms with van der Waals surface area (Å²) in [5, 5.41) is 3.69. The zero-order chi connectivity index (χ0) is 16.1. The SMILES string of the molecule is C[C@@H](Cc1ccccc1F)NC1CCN(C[C@H]2CCOC2)CC1. The molecule has 0 aliphatic carbocycles. The summed E-state index contributed by atoms with van der Waals surface area (Å²) in [6.07, 6.45) is 4.36. The van der Waals surface area contributed by atoms with E-state index >= 15 is 0 Å². The minimum absolute atomic E-state index is 0.0882. The van der Waals surface area contributed by atoms with Crippen molar-refractivity contribution in [1.82, 2.24) is 10.2 Å². The highest BCUT2D eigenvalue weighted by molar-refractivity contribution is 5.18. The van der Waals surface area contributed by atoms with Crippen LogP contribution in [0.2, 0.25) is 0 Å². The lowest BCUT2D eigenvalue weighted by Crippen LogP contribution is -2.47. The second-order valence-electron chi connectivity index (χ2n) is 7.17. The Bertz CT molecular complexity index is 482. The Hall–Kier alpha value is -0.970. The molecule has 0 aromatic heterocycles. The van der Waals surface area contributed by atoms with Crippen molar-refractivity contribution in [3.05, 3.63) is 35.6 Å². The molecule has 0 unspecified atom stereocenters. The molecule has 2 fully saturated rings. The van der Waals surface area contributed by atoms with Gasteiger partial charge in [-0.1, -0.05) is 18.2 Å². The Labute approximate surface area is 139 Å². The number of ether oxygens (including phenoxy) is 1. The second kappa shape index (κ2) is 8.22. The van der Waals surface area contributed by atoms with Gasteiger partial charge in [0.2, 0.25) is 0 Å². The fourth-order valence-corrected chi connectivity index (χ4v) is 3.83. The van der Waals surface area contributed by atoms with Gasteiger partial charge in [0.1, 0.15) is 5.82 Å². The van der Waals surface area contributed by atoms with E-state index in [0.717, 1.165) is 31.1 Å². The maximum Gasteiger partial charge on any atom is 0.126 e. The highest BCUT2D eigenvalue weighted by atomic mass is 19.1. The average Bonchev–Trinajstić information content (AvgIpc) is 3.04. The van der Waals surface area contributed by atoms with Crippen molar-refractivity contribution in [1.29, 1.82) is 0 Å². The zero-order valence-electron chi connectivity index (χ0n) is 14.1. The summed E-state index contributed by atoms with van der Waals surface area (Å²) < 4.78 is 19.2. The summed E-state index contributed by atoms with van der Waals surface area (Å²) in [5.74, 6) is 0.647. The molecule has 0 bridgehead atoms. The molecular formula is C19H29FN2O. The Morgan fingerprint density at radius 3 is 2.74 bits per heavy atom. The molecule has 2 aliphatic rings. The number of likely N-dealkylation sites (tertiary alicyclic amines) is 1. The zero-order valence-corrected chi connectivity index (χ0v) is 14.1. The molecule has 0 amide bonds. The van der Waals surface area contributed by atoms with E-state index in [4.69, 9.17) is 4.74 Å². The monoisotopic (exact) mass is 320 g/mol. The lowest BCUT2D eigenvalue weighted by molar-refractivity contribution is 0.145. The van der Waals surface area contributed by atoms with Gasteiger partial charge in [-0.05, 0) is 63.2 Å². The third-order valence-corrected chi connectivity index (χ3v) is 5.13. The fraction of sp³-hybridized carbons (Fsp3) is 0.684. The van der Waals surface area contributed by atoms with Crippen LogP contribution in [0.4, 0.5) is 4.39 Å². The molecule has 3 nitrogen and oxygen atoms in total. The maximum absolute atomic E-state index is 13.7. The molecule has 4 heteroatoms. The average molecular weight is 320 g/mol. The van der Waals surface area contributed by atoms with Crippen LogP contribution in [0.15, 0.2) is 24.3 Å². The molecular weight excluding hydrogens is 291 g/mol. The number of hydrogen-bond donors (Lipinski definition) is 1. The molecule has 3 rings (SSSR count). The minimum Gasteiger partial charge on any atom is -0.381 e. The molecule has 1 aromatic carbocycles. The van der Waals surface area contributed by atoms with Crippen LogP contribution in [-0.4, -0.2) is 49.8 Å².